The maximum Gasteiger partial charge on any atom is 0.0409 e. The highest BCUT2D eigenvalue weighted by atomic mass is 35.5. The second kappa shape index (κ2) is 6.36. The smallest absolute Gasteiger partial charge is 0.0409 e. The Morgan fingerprint density at radius 1 is 0.607 bits per heavy atom. The van der Waals surface area contributed by atoms with E-state index in [1.54, 1.807) is 0 Å². The van der Waals surface area contributed by atoms with Crippen LogP contribution in [0.15, 0.2) is 91.0 Å². The van der Waals surface area contributed by atoms with Crippen LogP contribution in [0.25, 0.3) is 33.4 Å². The SMILES string of the molecule is CC1(C)c2cc(Cl)ccc2-c2c(-c3ccccc3)ccc(-c3ccccc3)c21. The van der Waals surface area contributed by atoms with Crippen molar-refractivity contribution in [2.24, 2.45) is 0 Å². The van der Waals surface area contributed by atoms with E-state index in [1.165, 1.54) is 44.5 Å². The molecule has 136 valence electrons. The number of hydrogen-bond acceptors (Lipinski definition) is 0. The minimum Gasteiger partial charge on any atom is -0.0843 e. The lowest BCUT2D eigenvalue weighted by Crippen LogP contribution is -2.16. The predicted molar refractivity (Wildman–Crippen MR) is 120 cm³/mol. The van der Waals surface area contributed by atoms with Crippen molar-refractivity contribution < 1.29 is 0 Å². The summed E-state index contributed by atoms with van der Waals surface area (Å²) in [6.07, 6.45) is 0. The van der Waals surface area contributed by atoms with Crippen molar-refractivity contribution in [3.05, 3.63) is 107 Å². The molecular formula is C27H21Cl. The fourth-order valence-electron chi connectivity index (χ4n) is 4.63. The molecule has 1 aliphatic carbocycles. The molecule has 5 rings (SSSR count). The highest BCUT2D eigenvalue weighted by molar-refractivity contribution is 6.30. The number of hydrogen-bond donors (Lipinski definition) is 0. The lowest BCUT2D eigenvalue weighted by Gasteiger charge is -2.25. The van der Waals surface area contributed by atoms with Crippen molar-refractivity contribution in [3.63, 3.8) is 0 Å². The van der Waals surface area contributed by atoms with E-state index in [-0.39, 0.29) is 5.41 Å². The van der Waals surface area contributed by atoms with Crippen LogP contribution in [0, 0.1) is 0 Å². The Hall–Kier alpha value is -2.83. The van der Waals surface area contributed by atoms with E-state index in [1.807, 2.05) is 6.07 Å². The first kappa shape index (κ1) is 17.3. The van der Waals surface area contributed by atoms with Crippen molar-refractivity contribution in [1.82, 2.24) is 0 Å². The fraction of sp³-hybridized carbons (Fsp3) is 0.111. The third kappa shape index (κ3) is 2.52. The van der Waals surface area contributed by atoms with Crippen LogP contribution in [-0.4, -0.2) is 0 Å². The minimum absolute atomic E-state index is 0.120. The molecule has 0 fully saturated rings. The summed E-state index contributed by atoms with van der Waals surface area (Å²) in [5.41, 5.74) is 10.3. The second-order valence-corrected chi connectivity index (χ2v) is 8.39. The lowest BCUT2D eigenvalue weighted by atomic mass is 9.78. The molecule has 4 aromatic rings. The molecule has 0 radical (unpaired) electrons. The van der Waals surface area contributed by atoms with Crippen LogP contribution >= 0.6 is 11.6 Å². The molecule has 0 saturated heterocycles. The van der Waals surface area contributed by atoms with Crippen LogP contribution in [0.5, 0.6) is 0 Å². The molecule has 0 aliphatic heterocycles. The van der Waals surface area contributed by atoms with Crippen LogP contribution in [0.2, 0.25) is 5.02 Å². The normalized spacial score (nSPS) is 13.8. The van der Waals surface area contributed by atoms with E-state index in [2.05, 4.69) is 98.8 Å². The summed E-state index contributed by atoms with van der Waals surface area (Å²) in [5, 5.41) is 0.794. The van der Waals surface area contributed by atoms with E-state index in [4.69, 9.17) is 11.6 Å². The van der Waals surface area contributed by atoms with Gasteiger partial charge in [-0.3, -0.25) is 0 Å². The van der Waals surface area contributed by atoms with Crippen LogP contribution < -0.4 is 0 Å². The van der Waals surface area contributed by atoms with Crippen molar-refractivity contribution in [2.75, 3.05) is 0 Å². The maximum atomic E-state index is 6.41. The standard InChI is InChI=1S/C27H21Cl/c1-27(2)24-17-20(28)13-14-23(24)25-21(18-9-5-3-6-10-18)15-16-22(26(25)27)19-11-7-4-8-12-19/h3-17H,1-2H3. The van der Waals surface area contributed by atoms with Gasteiger partial charge >= 0.3 is 0 Å². The zero-order valence-corrected chi connectivity index (χ0v) is 16.8. The quantitative estimate of drug-likeness (QED) is 0.330. The maximum absolute atomic E-state index is 6.41. The van der Waals surface area contributed by atoms with E-state index < -0.39 is 0 Å². The van der Waals surface area contributed by atoms with Gasteiger partial charge in [-0.1, -0.05) is 104 Å². The minimum atomic E-state index is -0.120. The van der Waals surface area contributed by atoms with E-state index >= 15 is 0 Å². The summed E-state index contributed by atoms with van der Waals surface area (Å²) in [6.45, 7) is 4.63. The number of halogens is 1. The van der Waals surface area contributed by atoms with Crippen LogP contribution in [0.1, 0.15) is 25.0 Å². The fourth-order valence-corrected chi connectivity index (χ4v) is 4.81. The Bertz CT molecular complexity index is 1170. The zero-order chi connectivity index (χ0) is 19.3. The molecule has 0 heterocycles. The molecule has 0 nitrogen and oxygen atoms in total. The van der Waals surface area contributed by atoms with Gasteiger partial charge in [-0.15, -0.1) is 0 Å². The Labute approximate surface area is 171 Å². The summed E-state index contributed by atoms with van der Waals surface area (Å²) >= 11 is 6.41. The van der Waals surface area contributed by atoms with Gasteiger partial charge in [-0.25, -0.2) is 0 Å². The van der Waals surface area contributed by atoms with Gasteiger partial charge in [0.1, 0.15) is 0 Å². The van der Waals surface area contributed by atoms with Crippen LogP contribution in [-0.2, 0) is 5.41 Å². The zero-order valence-electron chi connectivity index (χ0n) is 16.0. The van der Waals surface area contributed by atoms with Crippen molar-refractivity contribution in [2.45, 2.75) is 19.3 Å². The molecule has 0 aromatic heterocycles. The molecule has 28 heavy (non-hydrogen) atoms. The van der Waals surface area contributed by atoms with E-state index in [0.29, 0.717) is 0 Å². The molecule has 0 atom stereocenters. The molecule has 1 heteroatoms. The Kier molecular flexibility index (Phi) is 3.92. The van der Waals surface area contributed by atoms with Crippen molar-refractivity contribution >= 4 is 11.6 Å². The van der Waals surface area contributed by atoms with Gasteiger partial charge in [-0.2, -0.15) is 0 Å². The van der Waals surface area contributed by atoms with E-state index in [0.717, 1.165) is 5.02 Å². The van der Waals surface area contributed by atoms with Crippen LogP contribution in [0.4, 0.5) is 0 Å². The van der Waals surface area contributed by atoms with Gasteiger partial charge in [0.15, 0.2) is 0 Å². The summed E-state index contributed by atoms with van der Waals surface area (Å²) in [5.74, 6) is 0. The van der Waals surface area contributed by atoms with Gasteiger partial charge in [-0.05, 0) is 56.6 Å². The molecule has 1 aliphatic rings. The average Bonchev–Trinajstić information content (AvgIpc) is 2.96. The highest BCUT2D eigenvalue weighted by Crippen LogP contribution is 2.55. The Morgan fingerprint density at radius 3 is 1.79 bits per heavy atom. The van der Waals surface area contributed by atoms with Crippen molar-refractivity contribution in [1.29, 1.82) is 0 Å². The van der Waals surface area contributed by atoms with Gasteiger partial charge in [0.2, 0.25) is 0 Å². The Balaban J connectivity index is 1.90. The molecule has 0 spiro atoms. The molecule has 0 N–H and O–H groups in total. The second-order valence-electron chi connectivity index (χ2n) is 7.96. The third-order valence-corrected chi connectivity index (χ3v) is 6.16. The molecule has 0 amide bonds. The summed E-state index contributed by atoms with van der Waals surface area (Å²) < 4.78 is 0. The monoisotopic (exact) mass is 380 g/mol. The first-order chi connectivity index (χ1) is 13.6. The molecule has 0 unspecified atom stereocenters. The summed E-state index contributed by atoms with van der Waals surface area (Å²) in [7, 11) is 0. The molecule has 0 saturated carbocycles. The van der Waals surface area contributed by atoms with Gasteiger partial charge in [0.05, 0.1) is 0 Å². The third-order valence-electron chi connectivity index (χ3n) is 5.92. The number of benzene rings is 4. The first-order valence-electron chi connectivity index (χ1n) is 9.66. The first-order valence-corrected chi connectivity index (χ1v) is 10.0. The largest absolute Gasteiger partial charge is 0.0843 e. The Morgan fingerprint density at radius 2 is 1.14 bits per heavy atom. The molecule has 4 aromatic carbocycles. The molecular weight excluding hydrogens is 360 g/mol. The highest BCUT2D eigenvalue weighted by Gasteiger charge is 2.39. The summed E-state index contributed by atoms with van der Waals surface area (Å²) in [6, 6.07) is 32.3. The van der Waals surface area contributed by atoms with Crippen LogP contribution in [0.3, 0.4) is 0 Å². The lowest BCUT2D eigenvalue weighted by molar-refractivity contribution is 0.662. The summed E-state index contributed by atoms with van der Waals surface area (Å²) in [4.78, 5) is 0. The van der Waals surface area contributed by atoms with Gasteiger partial charge in [0, 0.05) is 10.4 Å². The molecule has 0 bridgehead atoms. The van der Waals surface area contributed by atoms with Crippen molar-refractivity contribution in [3.8, 4) is 33.4 Å². The topological polar surface area (TPSA) is 0 Å². The number of rotatable bonds is 2. The average molecular weight is 381 g/mol. The van der Waals surface area contributed by atoms with Gasteiger partial charge < -0.3 is 0 Å². The number of fused-ring (bicyclic) bond motifs is 3. The predicted octanol–water partition coefficient (Wildman–Crippen LogP) is 7.98. The van der Waals surface area contributed by atoms with Gasteiger partial charge in [0.25, 0.3) is 0 Å². The van der Waals surface area contributed by atoms with E-state index in [9.17, 15) is 0 Å².